The van der Waals surface area contributed by atoms with E-state index in [-0.39, 0.29) is 5.75 Å². The molecular formula is C22H22FNO2. The van der Waals surface area contributed by atoms with E-state index in [0.29, 0.717) is 17.7 Å². The average Bonchev–Trinajstić information content (AvgIpc) is 2.68. The zero-order valence-electron chi connectivity index (χ0n) is 15.0. The first-order valence-corrected chi connectivity index (χ1v) is 8.79. The summed E-state index contributed by atoms with van der Waals surface area (Å²) in [7, 11) is 1.61. The van der Waals surface area contributed by atoms with Crippen molar-refractivity contribution in [2.24, 2.45) is 7.05 Å². The molecule has 0 atom stereocenters. The summed E-state index contributed by atoms with van der Waals surface area (Å²) in [6, 6.07) is 17.5. The van der Waals surface area contributed by atoms with Gasteiger partial charge in [0, 0.05) is 18.8 Å². The smallest absolute Gasteiger partial charge is 0.295 e. The summed E-state index contributed by atoms with van der Waals surface area (Å²) >= 11 is 0. The van der Waals surface area contributed by atoms with Crippen LogP contribution in [0.5, 0.6) is 5.75 Å². The molecule has 3 nitrogen and oxygen atoms in total. The second-order valence-corrected chi connectivity index (χ2v) is 6.25. The Hall–Kier alpha value is -2.88. The lowest BCUT2D eigenvalue weighted by Crippen LogP contribution is -2.21. The lowest BCUT2D eigenvalue weighted by Gasteiger charge is -2.13. The number of halogens is 1. The maximum atomic E-state index is 15.0. The van der Waals surface area contributed by atoms with Crippen molar-refractivity contribution in [3.8, 4) is 28.0 Å². The number of hydrogen-bond acceptors (Lipinski definition) is 2. The Morgan fingerprint density at radius 3 is 2.42 bits per heavy atom. The number of ether oxygens (including phenoxy) is 1. The molecular weight excluding hydrogens is 329 g/mol. The minimum Gasteiger partial charge on any atom is -0.486 e. The Morgan fingerprint density at radius 1 is 1.00 bits per heavy atom. The highest BCUT2D eigenvalue weighted by Crippen LogP contribution is 2.30. The van der Waals surface area contributed by atoms with Gasteiger partial charge in [-0.2, -0.15) is 0 Å². The van der Waals surface area contributed by atoms with E-state index >= 15 is 4.39 Å². The van der Waals surface area contributed by atoms with Crippen LogP contribution in [0.3, 0.4) is 0 Å². The van der Waals surface area contributed by atoms with E-state index < -0.39 is 11.4 Å². The number of unbranched alkanes of at least 4 members (excludes halogenated alkanes) is 1. The van der Waals surface area contributed by atoms with Crippen molar-refractivity contribution in [3.63, 3.8) is 0 Å². The molecule has 1 heterocycles. The van der Waals surface area contributed by atoms with Gasteiger partial charge in [-0.05, 0) is 29.2 Å². The van der Waals surface area contributed by atoms with Crippen molar-refractivity contribution in [3.05, 3.63) is 77.0 Å². The molecule has 3 rings (SSSR count). The Kier molecular flexibility index (Phi) is 5.52. The van der Waals surface area contributed by atoms with Crippen LogP contribution in [0.25, 0.3) is 22.3 Å². The summed E-state index contributed by atoms with van der Waals surface area (Å²) in [5, 5.41) is 0. The number of rotatable bonds is 6. The number of nitrogens with zero attached hydrogens (tertiary/aromatic N) is 1. The monoisotopic (exact) mass is 351 g/mol. The normalized spacial score (nSPS) is 10.7. The van der Waals surface area contributed by atoms with Crippen LogP contribution in [-0.4, -0.2) is 11.2 Å². The van der Waals surface area contributed by atoms with Crippen molar-refractivity contribution >= 4 is 0 Å². The van der Waals surface area contributed by atoms with Gasteiger partial charge < -0.3 is 9.30 Å². The zero-order chi connectivity index (χ0) is 18.5. The van der Waals surface area contributed by atoms with Crippen LogP contribution in [0, 0.1) is 5.82 Å². The van der Waals surface area contributed by atoms with Gasteiger partial charge in [-0.1, -0.05) is 61.9 Å². The van der Waals surface area contributed by atoms with Crippen LogP contribution in [-0.2, 0) is 7.05 Å². The molecule has 3 aromatic rings. The molecule has 0 bridgehead atoms. The molecule has 0 aliphatic carbocycles. The van der Waals surface area contributed by atoms with E-state index in [1.807, 2.05) is 61.5 Å². The Labute approximate surface area is 152 Å². The number of benzene rings is 2. The minimum atomic E-state index is -0.602. The van der Waals surface area contributed by atoms with Crippen molar-refractivity contribution in [2.75, 3.05) is 6.61 Å². The van der Waals surface area contributed by atoms with Gasteiger partial charge in [-0.15, -0.1) is 0 Å². The molecule has 0 aliphatic heterocycles. The summed E-state index contributed by atoms with van der Waals surface area (Å²) in [6.45, 7) is 2.35. The van der Waals surface area contributed by atoms with E-state index in [9.17, 15) is 4.79 Å². The minimum absolute atomic E-state index is 0.205. The first-order valence-electron chi connectivity index (χ1n) is 8.79. The molecule has 26 heavy (non-hydrogen) atoms. The van der Waals surface area contributed by atoms with Crippen LogP contribution in [0.4, 0.5) is 4.39 Å². The Bertz CT molecular complexity index is 948. The zero-order valence-corrected chi connectivity index (χ0v) is 15.0. The molecule has 0 saturated heterocycles. The highest BCUT2D eigenvalue weighted by Gasteiger charge is 2.17. The number of hydrogen-bond donors (Lipinski definition) is 0. The summed E-state index contributed by atoms with van der Waals surface area (Å²) in [6.07, 6.45) is 3.21. The van der Waals surface area contributed by atoms with Gasteiger partial charge in [0.15, 0.2) is 5.82 Å². The molecule has 134 valence electrons. The van der Waals surface area contributed by atoms with Gasteiger partial charge >= 0.3 is 0 Å². The number of pyridine rings is 1. The lowest BCUT2D eigenvalue weighted by atomic mass is 9.99. The third kappa shape index (κ3) is 3.69. The summed E-state index contributed by atoms with van der Waals surface area (Å²) in [4.78, 5) is 12.3. The van der Waals surface area contributed by atoms with Gasteiger partial charge in [0.25, 0.3) is 5.56 Å². The predicted molar refractivity (Wildman–Crippen MR) is 103 cm³/mol. The van der Waals surface area contributed by atoms with Crippen molar-refractivity contribution in [1.29, 1.82) is 0 Å². The van der Waals surface area contributed by atoms with Gasteiger partial charge in [0.2, 0.25) is 5.75 Å². The molecule has 0 fully saturated rings. The standard InChI is InChI=1S/C22H22FNO2/c1-3-4-13-26-21-20(23)19(15-24(2)22(21)25)18-12-8-11-17(14-18)16-9-6-5-7-10-16/h5-12,14-15H,3-4,13H2,1-2H3. The fraction of sp³-hybridized carbons (Fsp3) is 0.227. The van der Waals surface area contributed by atoms with Crippen LogP contribution in [0.2, 0.25) is 0 Å². The third-order valence-electron chi connectivity index (χ3n) is 4.30. The topological polar surface area (TPSA) is 31.2 Å². The summed E-state index contributed by atoms with van der Waals surface area (Å²) < 4.78 is 21.8. The van der Waals surface area contributed by atoms with E-state index in [0.717, 1.165) is 24.0 Å². The number of aryl methyl sites for hydroxylation is 1. The van der Waals surface area contributed by atoms with E-state index in [4.69, 9.17) is 4.74 Å². The molecule has 0 N–H and O–H groups in total. The highest BCUT2D eigenvalue weighted by molar-refractivity contribution is 5.73. The highest BCUT2D eigenvalue weighted by atomic mass is 19.1. The maximum absolute atomic E-state index is 15.0. The number of aromatic nitrogens is 1. The fourth-order valence-corrected chi connectivity index (χ4v) is 2.83. The maximum Gasteiger partial charge on any atom is 0.295 e. The van der Waals surface area contributed by atoms with Gasteiger partial charge in [0.1, 0.15) is 0 Å². The molecule has 0 aliphatic rings. The van der Waals surface area contributed by atoms with Gasteiger partial charge in [-0.25, -0.2) is 4.39 Å². The fourth-order valence-electron chi connectivity index (χ4n) is 2.83. The summed E-state index contributed by atoms with van der Waals surface area (Å²) in [5.74, 6) is -0.807. The second kappa shape index (κ2) is 8.00. The average molecular weight is 351 g/mol. The molecule has 0 spiro atoms. The third-order valence-corrected chi connectivity index (χ3v) is 4.30. The van der Waals surface area contributed by atoms with E-state index in [1.54, 1.807) is 7.05 Å². The lowest BCUT2D eigenvalue weighted by molar-refractivity contribution is 0.288. The quantitative estimate of drug-likeness (QED) is 0.583. The molecule has 4 heteroatoms. The Balaban J connectivity index is 2.06. The molecule has 0 saturated carbocycles. The molecule has 2 aromatic carbocycles. The molecule has 0 amide bonds. The van der Waals surface area contributed by atoms with Crippen LogP contribution in [0.15, 0.2) is 65.6 Å². The van der Waals surface area contributed by atoms with Crippen molar-refractivity contribution < 1.29 is 9.13 Å². The Morgan fingerprint density at radius 2 is 1.69 bits per heavy atom. The van der Waals surface area contributed by atoms with Crippen LogP contribution in [0.1, 0.15) is 19.8 Å². The second-order valence-electron chi connectivity index (χ2n) is 6.25. The molecule has 0 unspecified atom stereocenters. The van der Waals surface area contributed by atoms with Crippen molar-refractivity contribution in [1.82, 2.24) is 4.57 Å². The van der Waals surface area contributed by atoms with E-state index in [1.165, 1.54) is 10.8 Å². The van der Waals surface area contributed by atoms with E-state index in [2.05, 4.69) is 0 Å². The van der Waals surface area contributed by atoms with Gasteiger partial charge in [-0.3, -0.25) is 4.79 Å². The molecule has 1 aromatic heterocycles. The first kappa shape index (κ1) is 17.9. The van der Waals surface area contributed by atoms with Crippen LogP contribution < -0.4 is 10.3 Å². The SMILES string of the molecule is CCCCOc1c(F)c(-c2cccc(-c3ccccc3)c2)cn(C)c1=O. The predicted octanol–water partition coefficient (Wildman–Crippen LogP) is 5.04. The first-order chi connectivity index (χ1) is 12.6. The molecule has 0 radical (unpaired) electrons. The van der Waals surface area contributed by atoms with Gasteiger partial charge in [0.05, 0.1) is 6.61 Å². The van der Waals surface area contributed by atoms with Crippen molar-refractivity contribution in [2.45, 2.75) is 19.8 Å². The largest absolute Gasteiger partial charge is 0.486 e. The summed E-state index contributed by atoms with van der Waals surface area (Å²) in [5.41, 5.74) is 2.65. The van der Waals surface area contributed by atoms with Crippen LogP contribution >= 0.6 is 0 Å².